The van der Waals surface area contributed by atoms with E-state index in [1.54, 1.807) is 0 Å². The van der Waals surface area contributed by atoms with E-state index in [9.17, 15) is 9.50 Å². The van der Waals surface area contributed by atoms with Crippen LogP contribution in [0.1, 0.15) is 18.5 Å². The molecule has 0 saturated carbocycles. The summed E-state index contributed by atoms with van der Waals surface area (Å²) in [5, 5.41) is 13.2. The first-order valence-corrected chi connectivity index (χ1v) is 7.32. The summed E-state index contributed by atoms with van der Waals surface area (Å²) in [5.41, 5.74) is 0.684. The molecule has 5 heteroatoms. The molecule has 3 rings (SSSR count). The molecule has 2 aliphatic heterocycles. The second kappa shape index (κ2) is 5.68. The van der Waals surface area contributed by atoms with Crippen LogP contribution in [-0.2, 0) is 0 Å². The summed E-state index contributed by atoms with van der Waals surface area (Å²) in [6.45, 7) is 8.38. The lowest BCUT2D eigenvalue weighted by molar-refractivity contribution is 0.00291. The summed E-state index contributed by atoms with van der Waals surface area (Å²) in [6.07, 6.45) is 0. The standard InChI is InChI=1S/C15H22FN3O/c1-11(14-8-12(16)2-3-15(14)20)19-9-13(10-19)18-6-4-17-5-7-18/h2-3,8,11,13,17,20H,4-7,9-10H2,1H3. The molecule has 0 spiro atoms. The molecule has 0 bridgehead atoms. The monoisotopic (exact) mass is 279 g/mol. The van der Waals surface area contributed by atoms with Crippen LogP contribution in [0.3, 0.4) is 0 Å². The second-order valence-corrected chi connectivity index (χ2v) is 5.77. The molecule has 1 aromatic carbocycles. The Bertz CT molecular complexity index is 470. The Morgan fingerprint density at radius 3 is 2.70 bits per heavy atom. The zero-order valence-electron chi connectivity index (χ0n) is 11.8. The molecule has 1 aromatic rings. The third-order valence-electron chi connectivity index (χ3n) is 4.55. The number of phenols is 1. The molecule has 2 heterocycles. The van der Waals surface area contributed by atoms with Gasteiger partial charge in [0.05, 0.1) is 0 Å². The van der Waals surface area contributed by atoms with Crippen molar-refractivity contribution in [3.05, 3.63) is 29.6 Å². The molecule has 2 saturated heterocycles. The van der Waals surface area contributed by atoms with Crippen molar-refractivity contribution in [2.75, 3.05) is 39.3 Å². The molecule has 2 N–H and O–H groups in total. The zero-order valence-corrected chi connectivity index (χ0v) is 11.8. The van der Waals surface area contributed by atoms with Gasteiger partial charge in [0.1, 0.15) is 11.6 Å². The topological polar surface area (TPSA) is 38.7 Å². The Hall–Kier alpha value is -1.17. The van der Waals surface area contributed by atoms with E-state index in [4.69, 9.17) is 0 Å². The Balaban J connectivity index is 1.60. The molecule has 0 aromatic heterocycles. The lowest BCUT2D eigenvalue weighted by atomic mass is 9.98. The lowest BCUT2D eigenvalue weighted by Gasteiger charge is -2.49. The van der Waals surface area contributed by atoms with Crippen LogP contribution >= 0.6 is 0 Å². The van der Waals surface area contributed by atoms with Crippen molar-refractivity contribution in [3.8, 4) is 5.75 Å². The lowest BCUT2D eigenvalue weighted by Crippen LogP contribution is -2.62. The van der Waals surface area contributed by atoms with Crippen LogP contribution in [-0.4, -0.2) is 60.2 Å². The van der Waals surface area contributed by atoms with E-state index in [0.29, 0.717) is 11.6 Å². The van der Waals surface area contributed by atoms with Gasteiger partial charge >= 0.3 is 0 Å². The van der Waals surface area contributed by atoms with Crippen molar-refractivity contribution in [1.82, 2.24) is 15.1 Å². The van der Waals surface area contributed by atoms with Gasteiger partial charge in [-0.25, -0.2) is 4.39 Å². The van der Waals surface area contributed by atoms with E-state index in [2.05, 4.69) is 15.1 Å². The number of halogens is 1. The minimum atomic E-state index is -0.288. The van der Waals surface area contributed by atoms with E-state index in [-0.39, 0.29) is 17.6 Å². The average molecular weight is 279 g/mol. The van der Waals surface area contributed by atoms with Gasteiger partial charge in [0.25, 0.3) is 0 Å². The zero-order chi connectivity index (χ0) is 14.1. The molecule has 0 radical (unpaired) electrons. The van der Waals surface area contributed by atoms with E-state index in [1.165, 1.54) is 18.2 Å². The summed E-state index contributed by atoms with van der Waals surface area (Å²) in [6, 6.07) is 4.85. The largest absolute Gasteiger partial charge is 0.508 e. The maximum absolute atomic E-state index is 13.3. The van der Waals surface area contributed by atoms with Crippen LogP contribution in [0.4, 0.5) is 4.39 Å². The van der Waals surface area contributed by atoms with Gasteiger partial charge < -0.3 is 10.4 Å². The third-order valence-corrected chi connectivity index (χ3v) is 4.55. The normalized spacial score (nSPS) is 23.5. The molecule has 20 heavy (non-hydrogen) atoms. The Morgan fingerprint density at radius 1 is 1.30 bits per heavy atom. The Labute approximate surface area is 119 Å². The summed E-state index contributed by atoms with van der Waals surface area (Å²) >= 11 is 0. The molecule has 4 nitrogen and oxygen atoms in total. The van der Waals surface area contributed by atoms with Crippen molar-refractivity contribution in [2.24, 2.45) is 0 Å². The number of rotatable bonds is 3. The number of benzene rings is 1. The molecule has 110 valence electrons. The van der Waals surface area contributed by atoms with Gasteiger partial charge in [0.15, 0.2) is 0 Å². The molecular formula is C15H22FN3O. The van der Waals surface area contributed by atoms with Crippen LogP contribution in [0.2, 0.25) is 0 Å². The quantitative estimate of drug-likeness (QED) is 0.871. The highest BCUT2D eigenvalue weighted by atomic mass is 19.1. The van der Waals surface area contributed by atoms with Gasteiger partial charge in [-0.1, -0.05) is 0 Å². The Kier molecular flexibility index (Phi) is 3.92. The van der Waals surface area contributed by atoms with Crippen LogP contribution in [0, 0.1) is 5.82 Å². The number of phenolic OH excluding ortho intramolecular Hbond substituents is 1. The number of hydrogen-bond donors (Lipinski definition) is 2. The first-order chi connectivity index (χ1) is 9.65. The van der Waals surface area contributed by atoms with Crippen molar-refractivity contribution < 1.29 is 9.50 Å². The highest BCUT2D eigenvalue weighted by Crippen LogP contribution is 2.32. The van der Waals surface area contributed by atoms with Crippen molar-refractivity contribution in [3.63, 3.8) is 0 Å². The minimum absolute atomic E-state index is 0.0601. The van der Waals surface area contributed by atoms with E-state index in [1.807, 2.05) is 6.92 Å². The van der Waals surface area contributed by atoms with Crippen LogP contribution in [0.25, 0.3) is 0 Å². The summed E-state index contributed by atoms with van der Waals surface area (Å²) in [4.78, 5) is 4.81. The smallest absolute Gasteiger partial charge is 0.123 e. The fourth-order valence-corrected chi connectivity index (χ4v) is 3.14. The van der Waals surface area contributed by atoms with E-state index >= 15 is 0 Å². The average Bonchev–Trinajstić information content (AvgIpc) is 2.41. The fourth-order valence-electron chi connectivity index (χ4n) is 3.14. The number of nitrogens with zero attached hydrogens (tertiary/aromatic N) is 2. The van der Waals surface area contributed by atoms with Gasteiger partial charge in [0.2, 0.25) is 0 Å². The molecular weight excluding hydrogens is 257 g/mol. The van der Waals surface area contributed by atoms with Gasteiger partial charge in [-0.2, -0.15) is 0 Å². The van der Waals surface area contributed by atoms with E-state index in [0.717, 1.165) is 39.3 Å². The van der Waals surface area contributed by atoms with Gasteiger partial charge in [-0.15, -0.1) is 0 Å². The maximum Gasteiger partial charge on any atom is 0.123 e. The van der Waals surface area contributed by atoms with Gasteiger partial charge in [-0.05, 0) is 25.1 Å². The van der Waals surface area contributed by atoms with Crippen LogP contribution in [0.15, 0.2) is 18.2 Å². The van der Waals surface area contributed by atoms with Crippen molar-refractivity contribution in [2.45, 2.75) is 19.0 Å². The molecule has 0 amide bonds. The van der Waals surface area contributed by atoms with Crippen LogP contribution < -0.4 is 5.32 Å². The highest BCUT2D eigenvalue weighted by molar-refractivity contribution is 5.35. The summed E-state index contributed by atoms with van der Waals surface area (Å²) < 4.78 is 13.3. The van der Waals surface area contributed by atoms with Gasteiger partial charge in [-0.3, -0.25) is 9.80 Å². The number of piperazine rings is 1. The van der Waals surface area contributed by atoms with Crippen molar-refractivity contribution in [1.29, 1.82) is 0 Å². The maximum atomic E-state index is 13.3. The molecule has 1 atom stereocenters. The fraction of sp³-hybridized carbons (Fsp3) is 0.600. The summed E-state index contributed by atoms with van der Waals surface area (Å²) in [5.74, 6) is -0.103. The summed E-state index contributed by atoms with van der Waals surface area (Å²) in [7, 11) is 0. The number of aromatic hydroxyl groups is 1. The Morgan fingerprint density at radius 2 is 2.00 bits per heavy atom. The molecule has 2 aliphatic rings. The first-order valence-electron chi connectivity index (χ1n) is 7.32. The SMILES string of the molecule is CC(c1cc(F)ccc1O)N1CC(N2CCNCC2)C1. The molecule has 0 aliphatic carbocycles. The van der Waals surface area contributed by atoms with Crippen LogP contribution in [0.5, 0.6) is 5.75 Å². The predicted molar refractivity (Wildman–Crippen MR) is 76.3 cm³/mol. The van der Waals surface area contributed by atoms with Crippen molar-refractivity contribution >= 4 is 0 Å². The van der Waals surface area contributed by atoms with Gasteiger partial charge in [0, 0.05) is 56.9 Å². The van der Waals surface area contributed by atoms with E-state index < -0.39 is 0 Å². The number of likely N-dealkylation sites (tertiary alicyclic amines) is 1. The predicted octanol–water partition coefficient (Wildman–Crippen LogP) is 1.18. The molecule has 2 fully saturated rings. The minimum Gasteiger partial charge on any atom is -0.508 e. The number of nitrogens with one attached hydrogen (secondary N) is 1. The highest BCUT2D eigenvalue weighted by Gasteiger charge is 2.35. The molecule has 1 unspecified atom stereocenters. The third kappa shape index (κ3) is 2.66. The first kappa shape index (κ1) is 13.8. The number of hydrogen-bond acceptors (Lipinski definition) is 4. The second-order valence-electron chi connectivity index (χ2n) is 5.77.